The first kappa shape index (κ1) is 10.1. The van der Waals surface area contributed by atoms with E-state index in [0.29, 0.717) is 6.07 Å². The molecule has 0 N–H and O–H groups in total. The fourth-order valence-electron chi connectivity index (χ4n) is 0.938. The molecule has 1 amide bonds. The van der Waals surface area contributed by atoms with Crippen molar-refractivity contribution < 1.29 is 13.6 Å². The van der Waals surface area contributed by atoms with Gasteiger partial charge in [-0.25, -0.2) is 8.78 Å². The third kappa shape index (κ3) is 1.85. The highest BCUT2D eigenvalue weighted by Crippen LogP contribution is 2.18. The molecular formula is C9H6F2N2O. The van der Waals surface area contributed by atoms with Gasteiger partial charge in [-0.05, 0) is 12.1 Å². The average Bonchev–Trinajstić information content (AvgIpc) is 2.15. The lowest BCUT2D eigenvalue weighted by Crippen LogP contribution is -2.25. The van der Waals surface area contributed by atoms with Gasteiger partial charge >= 0.3 is 5.91 Å². The molecule has 0 aliphatic rings. The molecule has 3 nitrogen and oxygen atoms in total. The van der Waals surface area contributed by atoms with Gasteiger partial charge in [-0.1, -0.05) is 0 Å². The summed E-state index contributed by atoms with van der Waals surface area (Å²) in [6.07, 6.45) is 0. The van der Waals surface area contributed by atoms with Gasteiger partial charge in [0.25, 0.3) is 0 Å². The zero-order valence-electron chi connectivity index (χ0n) is 7.29. The van der Waals surface area contributed by atoms with Crippen LogP contribution in [0.25, 0.3) is 0 Å². The molecule has 1 aromatic rings. The van der Waals surface area contributed by atoms with Gasteiger partial charge in [0.15, 0.2) is 6.07 Å². The van der Waals surface area contributed by atoms with Gasteiger partial charge in [-0.15, -0.1) is 0 Å². The first-order valence-electron chi connectivity index (χ1n) is 3.69. The number of nitriles is 1. The van der Waals surface area contributed by atoms with E-state index in [1.165, 1.54) is 13.1 Å². The molecule has 0 aliphatic carbocycles. The van der Waals surface area contributed by atoms with Gasteiger partial charge in [0.1, 0.15) is 11.6 Å². The lowest BCUT2D eigenvalue weighted by atomic mass is 10.2. The Hall–Kier alpha value is -1.96. The molecule has 0 atom stereocenters. The van der Waals surface area contributed by atoms with Crippen molar-refractivity contribution in [3.8, 4) is 6.07 Å². The van der Waals surface area contributed by atoms with Gasteiger partial charge in [-0.3, -0.25) is 4.79 Å². The van der Waals surface area contributed by atoms with E-state index in [0.717, 1.165) is 17.0 Å². The Morgan fingerprint density at radius 2 is 2.14 bits per heavy atom. The Morgan fingerprint density at radius 1 is 1.50 bits per heavy atom. The zero-order valence-corrected chi connectivity index (χ0v) is 7.29. The highest BCUT2D eigenvalue weighted by Gasteiger charge is 2.14. The van der Waals surface area contributed by atoms with Gasteiger partial charge in [0.2, 0.25) is 0 Å². The molecule has 0 saturated heterocycles. The first-order valence-corrected chi connectivity index (χ1v) is 3.69. The maximum Gasteiger partial charge on any atom is 0.329 e. The second-order valence-corrected chi connectivity index (χ2v) is 2.57. The molecule has 0 saturated carbocycles. The number of carbonyl (C=O) groups is 1. The molecule has 5 heteroatoms. The van der Waals surface area contributed by atoms with Crippen LogP contribution in [-0.4, -0.2) is 13.0 Å². The lowest BCUT2D eigenvalue weighted by molar-refractivity contribution is -0.113. The summed E-state index contributed by atoms with van der Waals surface area (Å²) in [6, 6.07) is 4.09. The number of carbonyl (C=O) groups excluding carboxylic acids is 1. The van der Waals surface area contributed by atoms with Crippen LogP contribution in [0.3, 0.4) is 0 Å². The number of hydrogen-bond donors (Lipinski definition) is 0. The van der Waals surface area contributed by atoms with Crippen molar-refractivity contribution in [1.82, 2.24) is 0 Å². The van der Waals surface area contributed by atoms with Crippen LogP contribution in [0.5, 0.6) is 0 Å². The van der Waals surface area contributed by atoms with Crippen LogP contribution in [0.2, 0.25) is 0 Å². The summed E-state index contributed by atoms with van der Waals surface area (Å²) < 4.78 is 25.5. The van der Waals surface area contributed by atoms with Gasteiger partial charge in [-0.2, -0.15) is 5.26 Å². The molecule has 0 heterocycles. The minimum Gasteiger partial charge on any atom is -0.300 e. The van der Waals surface area contributed by atoms with Crippen LogP contribution in [0.4, 0.5) is 14.5 Å². The number of benzene rings is 1. The van der Waals surface area contributed by atoms with Crippen LogP contribution in [0.15, 0.2) is 18.2 Å². The standard InChI is InChI=1S/C9H6F2N2O/c1-13(9(14)5-12)8-3-2-6(10)4-7(8)11/h2-4H,1H3. The highest BCUT2D eigenvalue weighted by atomic mass is 19.1. The lowest BCUT2D eigenvalue weighted by Gasteiger charge is -2.13. The fourth-order valence-corrected chi connectivity index (χ4v) is 0.938. The molecular weight excluding hydrogens is 190 g/mol. The van der Waals surface area contributed by atoms with Crippen molar-refractivity contribution in [3.63, 3.8) is 0 Å². The molecule has 0 fully saturated rings. The Labute approximate surface area is 79.2 Å². The van der Waals surface area contributed by atoms with E-state index in [1.54, 1.807) is 0 Å². The van der Waals surface area contributed by atoms with Crippen molar-refractivity contribution >= 4 is 11.6 Å². The molecule has 0 aromatic heterocycles. The normalized spacial score (nSPS) is 9.29. The van der Waals surface area contributed by atoms with Crippen molar-refractivity contribution in [2.75, 3.05) is 11.9 Å². The third-order valence-electron chi connectivity index (χ3n) is 1.67. The van der Waals surface area contributed by atoms with Crippen molar-refractivity contribution in [3.05, 3.63) is 29.8 Å². The third-order valence-corrected chi connectivity index (χ3v) is 1.67. The fraction of sp³-hybridized carbons (Fsp3) is 0.111. The topological polar surface area (TPSA) is 44.1 Å². The summed E-state index contributed by atoms with van der Waals surface area (Å²) in [5.41, 5.74) is -0.127. The van der Waals surface area contributed by atoms with Crippen LogP contribution in [0.1, 0.15) is 0 Å². The summed E-state index contributed by atoms with van der Waals surface area (Å²) >= 11 is 0. The van der Waals surface area contributed by atoms with E-state index >= 15 is 0 Å². The SMILES string of the molecule is CN(C(=O)C#N)c1ccc(F)cc1F. The number of anilines is 1. The molecule has 0 bridgehead atoms. The zero-order chi connectivity index (χ0) is 10.7. The number of hydrogen-bond acceptors (Lipinski definition) is 2. The van der Waals surface area contributed by atoms with E-state index in [4.69, 9.17) is 5.26 Å². The van der Waals surface area contributed by atoms with Crippen LogP contribution >= 0.6 is 0 Å². The van der Waals surface area contributed by atoms with E-state index in [-0.39, 0.29) is 5.69 Å². The van der Waals surface area contributed by atoms with E-state index in [1.807, 2.05) is 0 Å². The number of nitrogens with zero attached hydrogens (tertiary/aromatic N) is 2. The van der Waals surface area contributed by atoms with Crippen molar-refractivity contribution in [2.45, 2.75) is 0 Å². The smallest absolute Gasteiger partial charge is 0.300 e. The van der Waals surface area contributed by atoms with Crippen LogP contribution in [0, 0.1) is 23.0 Å². The predicted molar refractivity (Wildman–Crippen MR) is 45.4 cm³/mol. The quantitative estimate of drug-likeness (QED) is 0.638. The first-order chi connectivity index (χ1) is 6.56. The summed E-state index contributed by atoms with van der Waals surface area (Å²) in [5.74, 6) is -2.52. The van der Waals surface area contributed by atoms with E-state index in [9.17, 15) is 13.6 Å². The van der Waals surface area contributed by atoms with Crippen LogP contribution in [-0.2, 0) is 4.79 Å². The Kier molecular flexibility index (Phi) is 2.77. The number of rotatable bonds is 1. The molecule has 0 unspecified atom stereocenters. The van der Waals surface area contributed by atoms with E-state index < -0.39 is 17.5 Å². The number of amides is 1. The maximum atomic E-state index is 13.1. The molecule has 72 valence electrons. The molecule has 14 heavy (non-hydrogen) atoms. The van der Waals surface area contributed by atoms with Gasteiger partial charge < -0.3 is 4.90 Å². The summed E-state index contributed by atoms with van der Waals surface area (Å²) in [4.78, 5) is 11.7. The van der Waals surface area contributed by atoms with Gasteiger partial charge in [0, 0.05) is 13.1 Å². The predicted octanol–water partition coefficient (Wildman–Crippen LogP) is 1.45. The second-order valence-electron chi connectivity index (χ2n) is 2.57. The Balaban J connectivity index is 3.09. The summed E-state index contributed by atoms with van der Waals surface area (Å²) in [7, 11) is 1.24. The van der Waals surface area contributed by atoms with Gasteiger partial charge in [0.05, 0.1) is 5.69 Å². The minimum absolute atomic E-state index is 0.127. The van der Waals surface area contributed by atoms with Crippen molar-refractivity contribution in [1.29, 1.82) is 5.26 Å². The van der Waals surface area contributed by atoms with Crippen molar-refractivity contribution in [2.24, 2.45) is 0 Å². The minimum atomic E-state index is -0.907. The summed E-state index contributed by atoms with van der Waals surface area (Å²) in [6.45, 7) is 0. The largest absolute Gasteiger partial charge is 0.329 e. The Bertz CT molecular complexity index is 412. The highest BCUT2D eigenvalue weighted by molar-refractivity contribution is 6.03. The Morgan fingerprint density at radius 3 is 2.64 bits per heavy atom. The molecule has 0 spiro atoms. The maximum absolute atomic E-state index is 13.1. The molecule has 0 aliphatic heterocycles. The van der Waals surface area contributed by atoms with E-state index in [2.05, 4.69) is 0 Å². The molecule has 0 radical (unpaired) electrons. The molecule has 1 rings (SSSR count). The summed E-state index contributed by atoms with van der Waals surface area (Å²) in [5, 5.41) is 8.27. The average molecular weight is 196 g/mol. The number of halogens is 2. The molecule has 1 aromatic carbocycles. The van der Waals surface area contributed by atoms with Crippen LogP contribution < -0.4 is 4.90 Å². The second kappa shape index (κ2) is 3.83. The monoisotopic (exact) mass is 196 g/mol.